The Balaban J connectivity index is 1.46. The van der Waals surface area contributed by atoms with Crippen LogP contribution in [0.25, 0.3) is 0 Å². The van der Waals surface area contributed by atoms with Crippen LogP contribution in [0.4, 0.5) is 5.69 Å². The van der Waals surface area contributed by atoms with E-state index >= 15 is 0 Å². The SMILES string of the molecule is COc1ccc(OC(C)C(=O)Nc2ccc(CCC(=O)N3CCCC3)cc2)cc1. The number of carbonyl (C=O) groups is 2. The zero-order valence-corrected chi connectivity index (χ0v) is 17.0. The summed E-state index contributed by atoms with van der Waals surface area (Å²) in [6.07, 6.45) is 2.82. The molecule has 0 radical (unpaired) electrons. The Labute approximate surface area is 171 Å². The number of hydrogen-bond donors (Lipinski definition) is 1. The third-order valence-electron chi connectivity index (χ3n) is 5.05. The first-order valence-electron chi connectivity index (χ1n) is 10.0. The van der Waals surface area contributed by atoms with Crippen LogP contribution in [-0.2, 0) is 16.0 Å². The Kier molecular flexibility index (Phi) is 7.11. The fourth-order valence-corrected chi connectivity index (χ4v) is 3.29. The topological polar surface area (TPSA) is 67.9 Å². The average Bonchev–Trinajstić information content (AvgIpc) is 3.28. The number of ether oxygens (including phenoxy) is 2. The van der Waals surface area contributed by atoms with Gasteiger partial charge in [-0.05, 0) is 68.1 Å². The molecule has 6 heteroatoms. The number of amides is 2. The molecule has 3 rings (SSSR count). The number of carbonyl (C=O) groups excluding carboxylic acids is 2. The molecule has 1 aliphatic rings. The number of benzene rings is 2. The lowest BCUT2D eigenvalue weighted by Gasteiger charge is -2.16. The quantitative estimate of drug-likeness (QED) is 0.739. The minimum absolute atomic E-state index is 0.224. The molecule has 1 saturated heterocycles. The molecule has 0 aromatic heterocycles. The standard InChI is InChI=1S/C23H28N2O4/c1-17(29-21-12-10-20(28-2)11-13-21)23(27)24-19-8-5-18(6-9-19)7-14-22(26)25-15-3-4-16-25/h5-6,8-13,17H,3-4,7,14-16H2,1-2H3,(H,24,27). The summed E-state index contributed by atoms with van der Waals surface area (Å²) in [6, 6.07) is 14.7. The predicted octanol–water partition coefficient (Wildman–Crippen LogP) is 3.66. The van der Waals surface area contributed by atoms with Crippen molar-refractivity contribution in [1.82, 2.24) is 4.90 Å². The van der Waals surface area contributed by atoms with Gasteiger partial charge in [-0.3, -0.25) is 9.59 Å². The van der Waals surface area contributed by atoms with Crippen LogP contribution in [0.2, 0.25) is 0 Å². The maximum atomic E-state index is 12.4. The molecular formula is C23H28N2O4. The first-order valence-corrected chi connectivity index (χ1v) is 10.0. The first-order chi connectivity index (χ1) is 14.0. The van der Waals surface area contributed by atoms with Crippen molar-refractivity contribution in [1.29, 1.82) is 0 Å². The molecule has 0 spiro atoms. The van der Waals surface area contributed by atoms with Crippen LogP contribution in [0.3, 0.4) is 0 Å². The van der Waals surface area contributed by atoms with Crippen LogP contribution in [0.15, 0.2) is 48.5 Å². The number of anilines is 1. The van der Waals surface area contributed by atoms with Crippen LogP contribution in [0.1, 0.15) is 31.7 Å². The van der Waals surface area contributed by atoms with Crippen LogP contribution < -0.4 is 14.8 Å². The van der Waals surface area contributed by atoms with Gasteiger partial charge in [0.1, 0.15) is 11.5 Å². The highest BCUT2D eigenvalue weighted by Gasteiger charge is 2.18. The van der Waals surface area contributed by atoms with Gasteiger partial charge in [0.2, 0.25) is 5.91 Å². The van der Waals surface area contributed by atoms with E-state index in [9.17, 15) is 9.59 Å². The van der Waals surface area contributed by atoms with Gasteiger partial charge < -0.3 is 19.7 Å². The second-order valence-corrected chi connectivity index (χ2v) is 7.21. The van der Waals surface area contributed by atoms with E-state index in [4.69, 9.17) is 9.47 Å². The molecule has 1 fully saturated rings. The van der Waals surface area contributed by atoms with Gasteiger partial charge in [0.25, 0.3) is 5.91 Å². The van der Waals surface area contributed by atoms with Gasteiger partial charge in [-0.25, -0.2) is 0 Å². The van der Waals surface area contributed by atoms with Crippen molar-refractivity contribution < 1.29 is 19.1 Å². The van der Waals surface area contributed by atoms with Gasteiger partial charge in [-0.2, -0.15) is 0 Å². The van der Waals surface area contributed by atoms with Gasteiger partial charge in [-0.1, -0.05) is 12.1 Å². The molecule has 2 aromatic rings. The second-order valence-electron chi connectivity index (χ2n) is 7.21. The monoisotopic (exact) mass is 396 g/mol. The fraction of sp³-hybridized carbons (Fsp3) is 0.391. The summed E-state index contributed by atoms with van der Waals surface area (Å²) in [5.74, 6) is 1.34. The smallest absolute Gasteiger partial charge is 0.265 e. The Morgan fingerprint density at radius 2 is 1.62 bits per heavy atom. The highest BCUT2D eigenvalue weighted by Crippen LogP contribution is 2.19. The molecular weight excluding hydrogens is 368 g/mol. The number of rotatable bonds is 8. The van der Waals surface area contributed by atoms with Crippen LogP contribution in [-0.4, -0.2) is 43.0 Å². The number of aryl methyl sites for hydroxylation is 1. The molecule has 1 heterocycles. The van der Waals surface area contributed by atoms with E-state index in [1.807, 2.05) is 29.2 Å². The molecule has 2 aromatic carbocycles. The molecule has 1 atom stereocenters. The van der Waals surface area contributed by atoms with Gasteiger partial charge in [-0.15, -0.1) is 0 Å². The summed E-state index contributed by atoms with van der Waals surface area (Å²) in [5.41, 5.74) is 1.79. The zero-order valence-electron chi connectivity index (χ0n) is 17.0. The van der Waals surface area contributed by atoms with Crippen molar-refractivity contribution in [2.24, 2.45) is 0 Å². The minimum Gasteiger partial charge on any atom is -0.497 e. The van der Waals surface area contributed by atoms with Crippen molar-refractivity contribution in [3.05, 3.63) is 54.1 Å². The molecule has 1 N–H and O–H groups in total. The molecule has 6 nitrogen and oxygen atoms in total. The Morgan fingerprint density at radius 3 is 2.24 bits per heavy atom. The Morgan fingerprint density at radius 1 is 1.00 bits per heavy atom. The van der Waals surface area contributed by atoms with E-state index < -0.39 is 6.10 Å². The third-order valence-corrected chi connectivity index (χ3v) is 5.05. The number of hydrogen-bond acceptors (Lipinski definition) is 4. The highest BCUT2D eigenvalue weighted by molar-refractivity contribution is 5.94. The molecule has 1 aliphatic heterocycles. The number of nitrogens with one attached hydrogen (secondary N) is 1. The van der Waals surface area contributed by atoms with E-state index in [-0.39, 0.29) is 11.8 Å². The zero-order chi connectivity index (χ0) is 20.6. The highest BCUT2D eigenvalue weighted by atomic mass is 16.5. The van der Waals surface area contributed by atoms with Crippen LogP contribution >= 0.6 is 0 Å². The lowest BCUT2D eigenvalue weighted by Crippen LogP contribution is -2.30. The summed E-state index contributed by atoms with van der Waals surface area (Å²) in [4.78, 5) is 26.5. The summed E-state index contributed by atoms with van der Waals surface area (Å²) in [6.45, 7) is 3.49. The first kappa shape index (κ1) is 20.7. The molecule has 154 valence electrons. The van der Waals surface area contributed by atoms with Gasteiger partial charge in [0.15, 0.2) is 6.10 Å². The van der Waals surface area contributed by atoms with E-state index in [1.54, 1.807) is 38.3 Å². The van der Waals surface area contributed by atoms with E-state index in [0.717, 1.165) is 37.2 Å². The Bertz CT molecular complexity index is 812. The van der Waals surface area contributed by atoms with Crippen molar-refractivity contribution in [3.63, 3.8) is 0 Å². The van der Waals surface area contributed by atoms with Crippen molar-refractivity contribution in [2.45, 2.75) is 38.7 Å². The summed E-state index contributed by atoms with van der Waals surface area (Å²) < 4.78 is 10.8. The van der Waals surface area contributed by atoms with Crippen LogP contribution in [0.5, 0.6) is 11.5 Å². The number of nitrogens with zero attached hydrogens (tertiary/aromatic N) is 1. The molecule has 0 aliphatic carbocycles. The molecule has 1 unspecified atom stereocenters. The second kappa shape index (κ2) is 9.96. The van der Waals surface area contributed by atoms with Gasteiger partial charge >= 0.3 is 0 Å². The predicted molar refractivity (Wildman–Crippen MR) is 112 cm³/mol. The minimum atomic E-state index is -0.638. The van der Waals surface area contributed by atoms with Crippen LogP contribution in [0, 0.1) is 0 Å². The molecule has 0 bridgehead atoms. The van der Waals surface area contributed by atoms with Crippen molar-refractivity contribution in [3.8, 4) is 11.5 Å². The Hall–Kier alpha value is -3.02. The van der Waals surface area contributed by atoms with Gasteiger partial charge in [0, 0.05) is 25.2 Å². The molecule has 2 amide bonds. The summed E-state index contributed by atoms with van der Waals surface area (Å²) in [7, 11) is 1.60. The van der Waals surface area contributed by atoms with Gasteiger partial charge in [0.05, 0.1) is 7.11 Å². The molecule has 0 saturated carbocycles. The third kappa shape index (κ3) is 5.98. The number of methoxy groups -OCH3 is 1. The largest absolute Gasteiger partial charge is 0.497 e. The van der Waals surface area contributed by atoms with Crippen molar-refractivity contribution >= 4 is 17.5 Å². The fourth-order valence-electron chi connectivity index (χ4n) is 3.29. The average molecular weight is 396 g/mol. The lowest BCUT2D eigenvalue weighted by atomic mass is 10.1. The maximum absolute atomic E-state index is 12.4. The lowest BCUT2D eigenvalue weighted by molar-refractivity contribution is -0.130. The van der Waals surface area contributed by atoms with E-state index in [2.05, 4.69) is 5.32 Å². The summed E-state index contributed by atoms with van der Waals surface area (Å²) >= 11 is 0. The van der Waals surface area contributed by atoms with E-state index in [0.29, 0.717) is 24.3 Å². The van der Waals surface area contributed by atoms with Crippen molar-refractivity contribution in [2.75, 3.05) is 25.5 Å². The normalized spacial score (nSPS) is 14.3. The van der Waals surface area contributed by atoms with E-state index in [1.165, 1.54) is 0 Å². The molecule has 29 heavy (non-hydrogen) atoms. The summed E-state index contributed by atoms with van der Waals surface area (Å²) in [5, 5.41) is 2.86. The maximum Gasteiger partial charge on any atom is 0.265 e. The number of likely N-dealkylation sites (tertiary alicyclic amines) is 1.